The summed E-state index contributed by atoms with van der Waals surface area (Å²) < 4.78 is 5.28. The van der Waals surface area contributed by atoms with Gasteiger partial charge in [-0.1, -0.05) is 0 Å². The molecule has 1 rings (SSSR count). The van der Waals surface area contributed by atoms with Crippen LogP contribution in [-0.2, 0) is 14.3 Å². The summed E-state index contributed by atoms with van der Waals surface area (Å²) in [5, 5.41) is 0. The van der Waals surface area contributed by atoms with Crippen molar-refractivity contribution in [2.45, 2.75) is 64.9 Å². The molecule has 1 saturated carbocycles. The van der Waals surface area contributed by atoms with Crippen molar-refractivity contribution in [1.82, 2.24) is 0 Å². The van der Waals surface area contributed by atoms with Crippen molar-refractivity contribution < 1.29 is 14.3 Å². The summed E-state index contributed by atoms with van der Waals surface area (Å²) in [6.45, 7) is 5.63. The van der Waals surface area contributed by atoms with Crippen molar-refractivity contribution in [2.75, 3.05) is 0 Å². The lowest BCUT2D eigenvalue weighted by molar-refractivity contribution is -0.155. The van der Waals surface area contributed by atoms with E-state index in [1.54, 1.807) is 0 Å². The predicted molar refractivity (Wildman–Crippen MR) is 69.7 cm³/mol. The standard InChI is InChI=1S/C14H25NO3/c1-14(2,3)18-12(16)9-6-10-4-7-11(8-5-10)13(15)17/h10-11H,4-9H2,1-3H3,(H2,15,17). The lowest BCUT2D eigenvalue weighted by atomic mass is 9.80. The van der Waals surface area contributed by atoms with Crippen LogP contribution in [-0.4, -0.2) is 17.5 Å². The summed E-state index contributed by atoms with van der Waals surface area (Å²) >= 11 is 0. The van der Waals surface area contributed by atoms with E-state index in [1.165, 1.54) is 0 Å². The van der Waals surface area contributed by atoms with Gasteiger partial charge in [0.2, 0.25) is 5.91 Å². The van der Waals surface area contributed by atoms with E-state index >= 15 is 0 Å². The van der Waals surface area contributed by atoms with Crippen LogP contribution in [0.1, 0.15) is 59.3 Å². The van der Waals surface area contributed by atoms with Gasteiger partial charge >= 0.3 is 5.97 Å². The van der Waals surface area contributed by atoms with Gasteiger partial charge in [0, 0.05) is 12.3 Å². The van der Waals surface area contributed by atoms with Crippen molar-refractivity contribution in [2.24, 2.45) is 17.6 Å². The van der Waals surface area contributed by atoms with Crippen LogP contribution in [0.2, 0.25) is 0 Å². The molecule has 0 aromatic heterocycles. The molecule has 4 heteroatoms. The molecule has 0 aromatic carbocycles. The first kappa shape index (κ1) is 15.0. The molecule has 0 aliphatic heterocycles. The van der Waals surface area contributed by atoms with Crippen LogP contribution >= 0.6 is 0 Å². The summed E-state index contributed by atoms with van der Waals surface area (Å²) in [6, 6.07) is 0. The van der Waals surface area contributed by atoms with Gasteiger partial charge in [-0.15, -0.1) is 0 Å². The first-order valence-corrected chi connectivity index (χ1v) is 6.79. The Balaban J connectivity index is 2.22. The summed E-state index contributed by atoms with van der Waals surface area (Å²) in [6.07, 6.45) is 5.07. The maximum atomic E-state index is 11.6. The van der Waals surface area contributed by atoms with Crippen molar-refractivity contribution in [1.29, 1.82) is 0 Å². The van der Waals surface area contributed by atoms with E-state index in [2.05, 4.69) is 0 Å². The fraction of sp³-hybridized carbons (Fsp3) is 0.857. The van der Waals surface area contributed by atoms with Crippen molar-refractivity contribution in [3.05, 3.63) is 0 Å². The summed E-state index contributed by atoms with van der Waals surface area (Å²) in [4.78, 5) is 22.6. The second-order valence-corrected chi connectivity index (χ2v) is 6.25. The Kier molecular flexibility index (Phi) is 5.17. The quantitative estimate of drug-likeness (QED) is 0.784. The lowest BCUT2D eigenvalue weighted by Crippen LogP contribution is -2.28. The van der Waals surface area contributed by atoms with Crippen LogP contribution in [0.5, 0.6) is 0 Å². The summed E-state index contributed by atoms with van der Waals surface area (Å²) in [7, 11) is 0. The molecule has 1 amide bonds. The van der Waals surface area contributed by atoms with E-state index in [-0.39, 0.29) is 17.8 Å². The van der Waals surface area contributed by atoms with Gasteiger partial charge in [-0.05, 0) is 58.8 Å². The fourth-order valence-corrected chi connectivity index (χ4v) is 2.45. The van der Waals surface area contributed by atoms with Crippen molar-refractivity contribution in [3.8, 4) is 0 Å². The molecule has 4 nitrogen and oxygen atoms in total. The molecule has 0 spiro atoms. The van der Waals surface area contributed by atoms with Crippen LogP contribution in [0.15, 0.2) is 0 Å². The summed E-state index contributed by atoms with van der Waals surface area (Å²) in [5.41, 5.74) is 4.89. The Morgan fingerprint density at radius 3 is 2.17 bits per heavy atom. The SMILES string of the molecule is CC(C)(C)OC(=O)CCC1CCC(C(N)=O)CC1. The van der Waals surface area contributed by atoms with Gasteiger partial charge < -0.3 is 10.5 Å². The van der Waals surface area contributed by atoms with Gasteiger partial charge in [-0.25, -0.2) is 0 Å². The molecule has 18 heavy (non-hydrogen) atoms. The number of rotatable bonds is 4. The zero-order valence-corrected chi connectivity index (χ0v) is 11.7. The minimum absolute atomic E-state index is 0.0442. The Bertz CT molecular complexity index is 299. The largest absolute Gasteiger partial charge is 0.460 e. The van der Waals surface area contributed by atoms with Gasteiger partial charge in [0.05, 0.1) is 0 Å². The summed E-state index contributed by atoms with van der Waals surface area (Å²) in [5.74, 6) is 0.274. The Morgan fingerprint density at radius 2 is 1.72 bits per heavy atom. The lowest BCUT2D eigenvalue weighted by Gasteiger charge is -2.26. The molecular weight excluding hydrogens is 230 g/mol. The van der Waals surface area contributed by atoms with Crippen LogP contribution < -0.4 is 5.73 Å². The van der Waals surface area contributed by atoms with Crippen LogP contribution in [0, 0.1) is 11.8 Å². The van der Waals surface area contributed by atoms with E-state index in [0.717, 1.165) is 32.1 Å². The Morgan fingerprint density at radius 1 is 1.17 bits per heavy atom. The molecule has 1 aliphatic rings. The smallest absolute Gasteiger partial charge is 0.306 e. The molecule has 0 unspecified atom stereocenters. The van der Waals surface area contributed by atoms with Crippen LogP contribution in [0.25, 0.3) is 0 Å². The van der Waals surface area contributed by atoms with Gasteiger partial charge in [0.25, 0.3) is 0 Å². The highest BCUT2D eigenvalue weighted by molar-refractivity contribution is 5.76. The average Bonchev–Trinajstić information content (AvgIpc) is 2.24. The van der Waals surface area contributed by atoms with Gasteiger partial charge in [0.1, 0.15) is 5.60 Å². The second kappa shape index (κ2) is 6.21. The molecule has 0 heterocycles. The van der Waals surface area contributed by atoms with E-state index in [4.69, 9.17) is 10.5 Å². The number of amides is 1. The third-order valence-electron chi connectivity index (χ3n) is 3.43. The maximum absolute atomic E-state index is 11.6. The number of primary amides is 1. The molecule has 1 aliphatic carbocycles. The topological polar surface area (TPSA) is 69.4 Å². The fourth-order valence-electron chi connectivity index (χ4n) is 2.45. The highest BCUT2D eigenvalue weighted by atomic mass is 16.6. The molecule has 0 aromatic rings. The second-order valence-electron chi connectivity index (χ2n) is 6.25. The van der Waals surface area contributed by atoms with E-state index in [0.29, 0.717) is 12.3 Å². The number of nitrogens with two attached hydrogens (primary N) is 1. The first-order valence-electron chi connectivity index (χ1n) is 6.79. The normalized spacial score (nSPS) is 24.6. The number of esters is 1. The van der Waals surface area contributed by atoms with Crippen LogP contribution in [0.3, 0.4) is 0 Å². The highest BCUT2D eigenvalue weighted by Crippen LogP contribution is 2.31. The number of hydrogen-bond acceptors (Lipinski definition) is 3. The molecule has 0 bridgehead atoms. The third kappa shape index (κ3) is 5.52. The van der Waals surface area contributed by atoms with E-state index < -0.39 is 5.60 Å². The van der Waals surface area contributed by atoms with Crippen LogP contribution in [0.4, 0.5) is 0 Å². The maximum Gasteiger partial charge on any atom is 0.306 e. The molecule has 104 valence electrons. The first-order chi connectivity index (χ1) is 8.28. The molecule has 0 atom stereocenters. The molecular formula is C14H25NO3. The number of carbonyl (C=O) groups is 2. The molecule has 0 radical (unpaired) electrons. The van der Waals surface area contributed by atoms with Gasteiger partial charge in [0.15, 0.2) is 0 Å². The molecule has 0 saturated heterocycles. The Hall–Kier alpha value is -1.06. The minimum atomic E-state index is -0.402. The van der Waals surface area contributed by atoms with Crippen molar-refractivity contribution >= 4 is 11.9 Å². The average molecular weight is 255 g/mol. The van der Waals surface area contributed by atoms with Gasteiger partial charge in [-0.3, -0.25) is 9.59 Å². The molecule has 2 N–H and O–H groups in total. The van der Waals surface area contributed by atoms with Crippen molar-refractivity contribution in [3.63, 3.8) is 0 Å². The monoisotopic (exact) mass is 255 g/mol. The minimum Gasteiger partial charge on any atom is -0.460 e. The zero-order valence-electron chi connectivity index (χ0n) is 11.7. The number of carbonyl (C=O) groups excluding carboxylic acids is 2. The van der Waals surface area contributed by atoms with E-state index in [1.807, 2.05) is 20.8 Å². The third-order valence-corrected chi connectivity index (χ3v) is 3.43. The number of hydrogen-bond donors (Lipinski definition) is 1. The predicted octanol–water partition coefficient (Wildman–Crippen LogP) is 2.40. The Labute approximate surface area is 109 Å². The zero-order chi connectivity index (χ0) is 13.8. The molecule has 1 fully saturated rings. The van der Waals surface area contributed by atoms with Gasteiger partial charge in [-0.2, -0.15) is 0 Å². The van der Waals surface area contributed by atoms with E-state index in [9.17, 15) is 9.59 Å². The highest BCUT2D eigenvalue weighted by Gasteiger charge is 2.25. The number of ether oxygens (including phenoxy) is 1.